The summed E-state index contributed by atoms with van der Waals surface area (Å²) in [5.41, 5.74) is -1.85. The lowest BCUT2D eigenvalue weighted by molar-refractivity contribution is -0.173. The largest absolute Gasteiger partial charge is 0.456 e. The van der Waals surface area contributed by atoms with Gasteiger partial charge in [-0.15, -0.1) is 6.58 Å². The van der Waals surface area contributed by atoms with E-state index in [2.05, 4.69) is 11.9 Å². The van der Waals surface area contributed by atoms with Crippen molar-refractivity contribution in [1.29, 1.82) is 0 Å². The van der Waals surface area contributed by atoms with Gasteiger partial charge in [0.15, 0.2) is 5.79 Å². The minimum Gasteiger partial charge on any atom is -0.456 e. The lowest BCUT2D eigenvalue weighted by atomic mass is 9.63. The molecule has 1 aliphatic heterocycles. The lowest BCUT2D eigenvalue weighted by Crippen LogP contribution is -2.66. The molecule has 7 heteroatoms. The molecule has 2 aliphatic rings. The summed E-state index contributed by atoms with van der Waals surface area (Å²) >= 11 is 0. The van der Waals surface area contributed by atoms with E-state index < -0.39 is 29.0 Å². The van der Waals surface area contributed by atoms with E-state index in [1.54, 1.807) is 37.3 Å². The molecule has 7 nitrogen and oxygen atoms in total. The van der Waals surface area contributed by atoms with Crippen molar-refractivity contribution in [3.8, 4) is 0 Å². The number of carbonyl (C=O) groups is 2. The van der Waals surface area contributed by atoms with Crippen molar-refractivity contribution < 1.29 is 28.9 Å². The molecule has 0 aromatic heterocycles. The molecule has 1 amide bonds. The Morgan fingerprint density at radius 2 is 1.90 bits per heavy atom. The van der Waals surface area contributed by atoms with Gasteiger partial charge in [-0.05, 0) is 39.3 Å². The molecule has 3 rings (SSSR count). The summed E-state index contributed by atoms with van der Waals surface area (Å²) in [6.07, 6.45) is 0.860. The van der Waals surface area contributed by atoms with Crippen molar-refractivity contribution in [2.45, 2.75) is 69.7 Å². The van der Waals surface area contributed by atoms with Crippen LogP contribution in [0.25, 0.3) is 0 Å². The van der Waals surface area contributed by atoms with E-state index in [1.165, 1.54) is 6.92 Å². The average molecular weight is 418 g/mol. The number of ether oxygens (including phenoxy) is 3. The van der Waals surface area contributed by atoms with E-state index in [-0.39, 0.29) is 30.8 Å². The van der Waals surface area contributed by atoms with E-state index in [9.17, 15) is 14.7 Å². The molecule has 0 radical (unpaired) electrons. The van der Waals surface area contributed by atoms with Crippen LogP contribution in [0.1, 0.15) is 50.9 Å². The fourth-order valence-corrected chi connectivity index (χ4v) is 4.51. The van der Waals surface area contributed by atoms with Gasteiger partial charge in [0.25, 0.3) is 0 Å². The number of nitrogens with one attached hydrogen (secondary N) is 1. The summed E-state index contributed by atoms with van der Waals surface area (Å²) in [6, 6.07) is 8.61. The van der Waals surface area contributed by atoms with Crippen molar-refractivity contribution in [2.24, 2.45) is 5.92 Å². The zero-order valence-electron chi connectivity index (χ0n) is 18.0. The molecule has 5 atom stereocenters. The summed E-state index contributed by atoms with van der Waals surface area (Å²) in [5.74, 6) is -1.84. The highest BCUT2D eigenvalue weighted by Gasteiger charge is 2.57. The van der Waals surface area contributed by atoms with Crippen LogP contribution in [0.3, 0.4) is 0 Å². The molecule has 1 aromatic rings. The maximum absolute atomic E-state index is 12.7. The van der Waals surface area contributed by atoms with Gasteiger partial charge in [0.05, 0.1) is 29.4 Å². The van der Waals surface area contributed by atoms with Crippen LogP contribution in [0, 0.1) is 5.92 Å². The second kappa shape index (κ2) is 8.13. The predicted molar refractivity (Wildman–Crippen MR) is 111 cm³/mol. The monoisotopic (exact) mass is 417 g/mol. The molecular formula is C23H31NO6. The molecule has 2 fully saturated rings. The summed E-state index contributed by atoms with van der Waals surface area (Å²) < 4.78 is 17.5. The van der Waals surface area contributed by atoms with Gasteiger partial charge in [-0.2, -0.15) is 0 Å². The van der Waals surface area contributed by atoms with Crippen LogP contribution in [0.2, 0.25) is 0 Å². The van der Waals surface area contributed by atoms with Crippen LogP contribution in [-0.2, 0) is 19.0 Å². The van der Waals surface area contributed by atoms with Gasteiger partial charge in [0, 0.05) is 19.3 Å². The fourth-order valence-electron chi connectivity index (χ4n) is 4.51. The minimum atomic E-state index is -1.32. The molecule has 1 saturated carbocycles. The van der Waals surface area contributed by atoms with Crippen LogP contribution >= 0.6 is 0 Å². The smallest absolute Gasteiger partial charge is 0.338 e. The van der Waals surface area contributed by atoms with Gasteiger partial charge in [-0.25, -0.2) is 4.79 Å². The van der Waals surface area contributed by atoms with Crippen LogP contribution in [0.5, 0.6) is 0 Å². The molecule has 0 bridgehead atoms. The first-order valence-electron chi connectivity index (χ1n) is 10.2. The van der Waals surface area contributed by atoms with Crippen LogP contribution in [0.4, 0.5) is 0 Å². The van der Waals surface area contributed by atoms with Crippen molar-refractivity contribution >= 4 is 11.9 Å². The molecule has 0 spiro atoms. The molecule has 1 heterocycles. The number of benzene rings is 1. The zero-order chi connectivity index (χ0) is 22.2. The molecular weight excluding hydrogens is 386 g/mol. The van der Waals surface area contributed by atoms with Crippen LogP contribution < -0.4 is 5.32 Å². The Kier molecular flexibility index (Phi) is 6.09. The molecule has 164 valence electrons. The van der Waals surface area contributed by atoms with Crippen molar-refractivity contribution in [3.05, 3.63) is 48.6 Å². The van der Waals surface area contributed by atoms with E-state index in [0.29, 0.717) is 12.2 Å². The first-order valence-corrected chi connectivity index (χ1v) is 10.2. The van der Waals surface area contributed by atoms with Gasteiger partial charge >= 0.3 is 5.97 Å². The number of esters is 1. The number of hydrogen-bond donors (Lipinski definition) is 2. The SMILES string of the molecule is C=C[C@]1(NC(C)=O)C[C@@H](OC(=O)c2ccccc2)[C@@](C)(O)C[C@@H]1[C@H]1COC(C)(C)O1. The van der Waals surface area contributed by atoms with Gasteiger partial charge in [0.2, 0.25) is 5.91 Å². The van der Waals surface area contributed by atoms with Crippen molar-refractivity contribution in [1.82, 2.24) is 5.32 Å². The zero-order valence-corrected chi connectivity index (χ0v) is 18.0. The Bertz CT molecular complexity index is 805. The van der Waals surface area contributed by atoms with E-state index >= 15 is 0 Å². The highest BCUT2D eigenvalue weighted by atomic mass is 16.7. The molecule has 2 N–H and O–H groups in total. The highest BCUT2D eigenvalue weighted by molar-refractivity contribution is 5.89. The third kappa shape index (κ3) is 4.58. The number of carbonyl (C=O) groups excluding carboxylic acids is 2. The molecule has 1 aliphatic carbocycles. The summed E-state index contributed by atoms with van der Waals surface area (Å²) in [6.45, 7) is 11.0. The maximum atomic E-state index is 12.7. The summed E-state index contributed by atoms with van der Waals surface area (Å²) in [5, 5.41) is 14.2. The second-order valence-electron chi connectivity index (χ2n) is 8.92. The normalized spacial score (nSPS) is 35.4. The van der Waals surface area contributed by atoms with E-state index in [0.717, 1.165) is 0 Å². The number of amides is 1. The minimum absolute atomic E-state index is 0.173. The van der Waals surface area contributed by atoms with Gasteiger partial charge in [-0.3, -0.25) is 4.79 Å². The number of rotatable bonds is 5. The quantitative estimate of drug-likeness (QED) is 0.565. The van der Waals surface area contributed by atoms with Crippen molar-refractivity contribution in [2.75, 3.05) is 6.61 Å². The number of hydrogen-bond acceptors (Lipinski definition) is 6. The van der Waals surface area contributed by atoms with E-state index in [4.69, 9.17) is 14.2 Å². The predicted octanol–water partition coefficient (Wildman–Crippen LogP) is 2.59. The Morgan fingerprint density at radius 3 is 2.43 bits per heavy atom. The lowest BCUT2D eigenvalue weighted by Gasteiger charge is -2.52. The van der Waals surface area contributed by atoms with Crippen LogP contribution in [-0.4, -0.2) is 52.7 Å². The third-order valence-electron chi connectivity index (χ3n) is 6.02. The summed E-state index contributed by atoms with van der Waals surface area (Å²) in [7, 11) is 0. The Morgan fingerprint density at radius 1 is 1.23 bits per heavy atom. The van der Waals surface area contributed by atoms with Gasteiger partial charge in [-0.1, -0.05) is 24.3 Å². The molecule has 1 saturated heterocycles. The van der Waals surface area contributed by atoms with Gasteiger partial charge < -0.3 is 24.6 Å². The first kappa shape index (κ1) is 22.5. The highest BCUT2D eigenvalue weighted by Crippen LogP contribution is 2.46. The molecule has 30 heavy (non-hydrogen) atoms. The Balaban J connectivity index is 1.90. The summed E-state index contributed by atoms with van der Waals surface area (Å²) in [4.78, 5) is 24.7. The average Bonchev–Trinajstić information content (AvgIpc) is 3.04. The standard InChI is InChI=1S/C23H31NO6/c1-6-23(24-15(2)25)13-19(29-20(26)16-10-8-7-9-11-16)22(5,27)12-17(23)18-14-28-21(3,4)30-18/h6-11,17-19,27H,1,12-14H2,2-5H3,(H,24,25)/t17-,18-,19-,22+,23+/m1/s1. The third-order valence-corrected chi connectivity index (χ3v) is 6.02. The fraction of sp³-hybridized carbons (Fsp3) is 0.565. The Labute approximate surface area is 177 Å². The topological polar surface area (TPSA) is 94.1 Å². The first-order chi connectivity index (χ1) is 14.0. The maximum Gasteiger partial charge on any atom is 0.338 e. The number of aliphatic hydroxyl groups is 1. The molecule has 1 aromatic carbocycles. The van der Waals surface area contributed by atoms with E-state index in [1.807, 2.05) is 19.9 Å². The van der Waals surface area contributed by atoms with Crippen molar-refractivity contribution in [3.63, 3.8) is 0 Å². The van der Waals surface area contributed by atoms with Gasteiger partial charge in [0.1, 0.15) is 6.10 Å². The Hall–Kier alpha value is -2.22. The van der Waals surface area contributed by atoms with Crippen LogP contribution in [0.15, 0.2) is 43.0 Å². The molecule has 0 unspecified atom stereocenters. The second-order valence-corrected chi connectivity index (χ2v) is 8.92.